The number of imidazole rings is 1. The Balaban J connectivity index is 1.92. The molecule has 8 nitrogen and oxygen atoms in total. The maximum atomic E-state index is 13.0. The number of aryl methyl sites for hydroxylation is 1. The van der Waals surface area contributed by atoms with Crippen LogP contribution in [0.1, 0.15) is 5.56 Å². The highest BCUT2D eigenvalue weighted by molar-refractivity contribution is 9.10. The first-order valence-corrected chi connectivity index (χ1v) is 10.0. The second-order valence-corrected chi connectivity index (χ2v) is 8.21. The fourth-order valence-electron chi connectivity index (χ4n) is 3.61. The highest BCUT2D eigenvalue weighted by Crippen LogP contribution is 2.23. The van der Waals surface area contributed by atoms with Crippen molar-refractivity contribution in [2.24, 2.45) is 14.1 Å². The zero-order chi connectivity index (χ0) is 20.0. The Bertz CT molecular complexity index is 1140. The summed E-state index contributed by atoms with van der Waals surface area (Å²) in [5, 5.41) is 0. The molecule has 0 radical (unpaired) electrons. The van der Waals surface area contributed by atoms with Crippen LogP contribution in [0.25, 0.3) is 11.2 Å². The fraction of sp³-hybridized carbons (Fsp3) is 0.421. The molecule has 0 bridgehead atoms. The molecule has 4 rings (SSSR count). The molecule has 2 aromatic heterocycles. The van der Waals surface area contributed by atoms with Crippen molar-refractivity contribution < 1.29 is 0 Å². The van der Waals surface area contributed by atoms with E-state index in [9.17, 15) is 9.59 Å². The second kappa shape index (κ2) is 7.21. The van der Waals surface area contributed by atoms with Gasteiger partial charge in [0.1, 0.15) is 0 Å². The van der Waals surface area contributed by atoms with Gasteiger partial charge in [-0.2, -0.15) is 4.98 Å². The minimum absolute atomic E-state index is 0.317. The summed E-state index contributed by atoms with van der Waals surface area (Å²) in [5.41, 5.74) is 1.27. The van der Waals surface area contributed by atoms with E-state index >= 15 is 0 Å². The van der Waals surface area contributed by atoms with Gasteiger partial charge in [0.15, 0.2) is 11.2 Å². The lowest BCUT2D eigenvalue weighted by Gasteiger charge is -2.33. The van der Waals surface area contributed by atoms with E-state index in [0.29, 0.717) is 17.7 Å². The third kappa shape index (κ3) is 3.18. The van der Waals surface area contributed by atoms with Crippen molar-refractivity contribution in [1.29, 1.82) is 0 Å². The summed E-state index contributed by atoms with van der Waals surface area (Å²) in [6.07, 6.45) is 0. The predicted octanol–water partition coefficient (Wildman–Crippen LogP) is 0.996. The summed E-state index contributed by atoms with van der Waals surface area (Å²) in [4.78, 5) is 34.6. The minimum atomic E-state index is -0.365. The van der Waals surface area contributed by atoms with Crippen molar-refractivity contribution >= 4 is 33.0 Å². The summed E-state index contributed by atoms with van der Waals surface area (Å²) >= 11 is 3.46. The molecular weight excluding hydrogens is 424 g/mol. The molecule has 3 aromatic rings. The molecule has 28 heavy (non-hydrogen) atoms. The van der Waals surface area contributed by atoms with E-state index in [0.717, 1.165) is 46.7 Å². The van der Waals surface area contributed by atoms with Crippen LogP contribution in [-0.2, 0) is 20.6 Å². The molecule has 3 heterocycles. The molecule has 0 aliphatic carbocycles. The molecule has 1 aromatic carbocycles. The summed E-state index contributed by atoms with van der Waals surface area (Å²) in [6.45, 7) is 4.03. The number of hydrogen-bond donors (Lipinski definition) is 0. The topological polar surface area (TPSA) is 68.3 Å². The fourth-order valence-corrected chi connectivity index (χ4v) is 3.87. The first-order chi connectivity index (χ1) is 13.4. The average Bonchev–Trinajstić information content (AvgIpc) is 3.06. The molecule has 0 spiro atoms. The Labute approximate surface area is 170 Å². The second-order valence-electron chi connectivity index (χ2n) is 7.29. The lowest BCUT2D eigenvalue weighted by Crippen LogP contribution is -2.45. The van der Waals surface area contributed by atoms with E-state index in [1.54, 1.807) is 7.05 Å². The van der Waals surface area contributed by atoms with Gasteiger partial charge in [-0.25, -0.2) is 4.79 Å². The lowest BCUT2D eigenvalue weighted by molar-refractivity contribution is 0.310. The van der Waals surface area contributed by atoms with Crippen LogP contribution < -0.4 is 16.1 Å². The predicted molar refractivity (Wildman–Crippen MR) is 113 cm³/mol. The van der Waals surface area contributed by atoms with Gasteiger partial charge in [0.2, 0.25) is 5.95 Å². The van der Waals surface area contributed by atoms with Gasteiger partial charge in [0.25, 0.3) is 5.56 Å². The molecular formula is C19H23BrN6O2. The zero-order valence-corrected chi connectivity index (χ0v) is 17.8. The van der Waals surface area contributed by atoms with Crippen molar-refractivity contribution in [1.82, 2.24) is 23.6 Å². The molecule has 1 fully saturated rings. The van der Waals surface area contributed by atoms with Crippen molar-refractivity contribution in [2.45, 2.75) is 6.54 Å². The minimum Gasteiger partial charge on any atom is -0.340 e. The van der Waals surface area contributed by atoms with Crippen LogP contribution in [0.2, 0.25) is 0 Å². The van der Waals surface area contributed by atoms with Crippen molar-refractivity contribution in [3.05, 3.63) is 55.1 Å². The van der Waals surface area contributed by atoms with E-state index < -0.39 is 0 Å². The molecule has 0 amide bonds. The molecule has 0 saturated carbocycles. The summed E-state index contributed by atoms with van der Waals surface area (Å²) < 4.78 is 5.56. The summed E-state index contributed by atoms with van der Waals surface area (Å²) in [6, 6.07) is 8.02. The molecule has 148 valence electrons. The Morgan fingerprint density at radius 2 is 1.61 bits per heavy atom. The molecule has 0 N–H and O–H groups in total. The summed E-state index contributed by atoms with van der Waals surface area (Å²) in [7, 11) is 5.27. The van der Waals surface area contributed by atoms with E-state index in [2.05, 4.69) is 32.8 Å². The van der Waals surface area contributed by atoms with Crippen LogP contribution >= 0.6 is 15.9 Å². The third-order valence-electron chi connectivity index (χ3n) is 5.37. The van der Waals surface area contributed by atoms with Crippen LogP contribution in [-0.4, -0.2) is 56.8 Å². The lowest BCUT2D eigenvalue weighted by atomic mass is 10.2. The van der Waals surface area contributed by atoms with Crippen LogP contribution in [0, 0.1) is 0 Å². The number of fused-ring (bicyclic) bond motifs is 1. The van der Waals surface area contributed by atoms with Gasteiger partial charge in [-0.15, -0.1) is 0 Å². The Morgan fingerprint density at radius 3 is 2.25 bits per heavy atom. The number of nitrogens with zero attached hydrogens (tertiary/aromatic N) is 6. The molecule has 1 saturated heterocycles. The SMILES string of the molecule is CN1CCN(c2nc3c(c(=O)n(C)c(=O)n3C)n2Cc2ccc(Br)cc2)CC1. The van der Waals surface area contributed by atoms with Crippen molar-refractivity contribution in [3.8, 4) is 0 Å². The van der Waals surface area contributed by atoms with E-state index in [4.69, 9.17) is 4.98 Å². The largest absolute Gasteiger partial charge is 0.340 e. The Kier molecular flexibility index (Phi) is 4.88. The number of hydrogen-bond acceptors (Lipinski definition) is 5. The maximum Gasteiger partial charge on any atom is 0.332 e. The number of benzene rings is 1. The van der Waals surface area contributed by atoms with Crippen LogP contribution in [0.15, 0.2) is 38.3 Å². The average molecular weight is 447 g/mol. The van der Waals surface area contributed by atoms with Gasteiger partial charge in [-0.05, 0) is 24.7 Å². The maximum absolute atomic E-state index is 13.0. The normalized spacial score (nSPS) is 15.5. The highest BCUT2D eigenvalue weighted by Gasteiger charge is 2.24. The number of likely N-dealkylation sites (N-methyl/N-ethyl adjacent to an activating group) is 1. The van der Waals surface area contributed by atoms with Gasteiger partial charge >= 0.3 is 5.69 Å². The smallest absolute Gasteiger partial charge is 0.332 e. The quantitative estimate of drug-likeness (QED) is 0.600. The molecule has 0 atom stereocenters. The van der Waals surface area contributed by atoms with Crippen LogP contribution in [0.3, 0.4) is 0 Å². The first-order valence-electron chi connectivity index (χ1n) is 9.21. The van der Waals surface area contributed by atoms with E-state index in [1.807, 2.05) is 28.8 Å². The van der Waals surface area contributed by atoms with E-state index in [-0.39, 0.29) is 11.2 Å². The number of piperazine rings is 1. The van der Waals surface area contributed by atoms with Gasteiger partial charge < -0.3 is 9.80 Å². The number of rotatable bonds is 3. The first kappa shape index (κ1) is 18.9. The monoisotopic (exact) mass is 446 g/mol. The van der Waals surface area contributed by atoms with Gasteiger partial charge in [-0.3, -0.25) is 18.5 Å². The Hall–Kier alpha value is -2.39. The van der Waals surface area contributed by atoms with E-state index in [1.165, 1.54) is 11.6 Å². The zero-order valence-electron chi connectivity index (χ0n) is 16.2. The number of halogens is 1. The van der Waals surface area contributed by atoms with Crippen molar-refractivity contribution in [2.75, 3.05) is 38.1 Å². The summed E-state index contributed by atoms with van der Waals surface area (Å²) in [5.74, 6) is 0.740. The molecule has 9 heteroatoms. The Morgan fingerprint density at radius 1 is 0.964 bits per heavy atom. The van der Waals surface area contributed by atoms with Crippen LogP contribution in [0.4, 0.5) is 5.95 Å². The van der Waals surface area contributed by atoms with Gasteiger partial charge in [0, 0.05) is 44.7 Å². The number of anilines is 1. The molecule has 1 aliphatic heterocycles. The van der Waals surface area contributed by atoms with Gasteiger partial charge in [0.05, 0.1) is 6.54 Å². The van der Waals surface area contributed by atoms with Crippen LogP contribution in [0.5, 0.6) is 0 Å². The third-order valence-corrected chi connectivity index (χ3v) is 5.90. The standard InChI is InChI=1S/C19H23BrN6O2/c1-22-8-10-25(11-9-22)18-21-16-15(17(27)24(3)19(28)23(16)2)26(18)12-13-4-6-14(20)7-5-13/h4-7H,8-12H2,1-3H3. The highest BCUT2D eigenvalue weighted by atomic mass is 79.9. The number of aromatic nitrogens is 4. The van der Waals surface area contributed by atoms with Crippen molar-refractivity contribution in [3.63, 3.8) is 0 Å². The molecule has 1 aliphatic rings. The molecule has 0 unspecified atom stereocenters. The van der Waals surface area contributed by atoms with Gasteiger partial charge in [-0.1, -0.05) is 28.1 Å².